The lowest BCUT2D eigenvalue weighted by atomic mass is 10.1. The molecule has 0 unspecified atom stereocenters. The van der Waals surface area contributed by atoms with Crippen LogP contribution in [0.4, 0.5) is 5.69 Å². The topological polar surface area (TPSA) is 62.7 Å². The Morgan fingerprint density at radius 3 is 2.77 bits per heavy atom. The number of nitrogens with zero attached hydrogens (tertiary/aromatic N) is 2. The highest BCUT2D eigenvalue weighted by Crippen LogP contribution is 2.21. The Balaban J connectivity index is 1.76. The molecule has 6 heteroatoms. The Labute approximate surface area is 158 Å². The third-order valence-electron chi connectivity index (χ3n) is 4.29. The molecule has 0 bridgehead atoms. The molecule has 2 heterocycles. The first-order chi connectivity index (χ1) is 12.6. The highest BCUT2D eigenvalue weighted by atomic mass is 32.2. The van der Waals surface area contributed by atoms with Gasteiger partial charge in [-0.05, 0) is 54.7 Å². The summed E-state index contributed by atoms with van der Waals surface area (Å²) >= 11 is 1.75. The molecular formula is C20H26N4OS. The second kappa shape index (κ2) is 8.45. The van der Waals surface area contributed by atoms with Gasteiger partial charge in [-0.1, -0.05) is 13.8 Å². The van der Waals surface area contributed by atoms with Crippen molar-refractivity contribution in [1.82, 2.24) is 14.5 Å². The minimum Gasteiger partial charge on any atom is -0.342 e. The van der Waals surface area contributed by atoms with Gasteiger partial charge in [0.2, 0.25) is 5.91 Å². The van der Waals surface area contributed by atoms with E-state index < -0.39 is 0 Å². The number of fused-ring (bicyclic) bond motifs is 1. The summed E-state index contributed by atoms with van der Waals surface area (Å²) in [5, 5.41) is 3.06. The van der Waals surface area contributed by atoms with Gasteiger partial charge in [0.25, 0.3) is 0 Å². The first-order valence-electron chi connectivity index (χ1n) is 8.97. The van der Waals surface area contributed by atoms with Crippen molar-refractivity contribution in [2.75, 3.05) is 17.3 Å². The molecule has 3 rings (SSSR count). The van der Waals surface area contributed by atoms with Gasteiger partial charge < -0.3 is 14.9 Å². The Morgan fingerprint density at radius 2 is 2.08 bits per heavy atom. The van der Waals surface area contributed by atoms with Crippen LogP contribution < -0.4 is 5.32 Å². The normalized spacial score (nSPS) is 12.6. The lowest BCUT2D eigenvalue weighted by Crippen LogP contribution is -2.25. The highest BCUT2D eigenvalue weighted by molar-refractivity contribution is 7.98. The van der Waals surface area contributed by atoms with E-state index in [2.05, 4.69) is 35.4 Å². The highest BCUT2D eigenvalue weighted by Gasteiger charge is 2.19. The van der Waals surface area contributed by atoms with E-state index in [1.54, 1.807) is 11.8 Å². The zero-order valence-electron chi connectivity index (χ0n) is 15.5. The van der Waals surface area contributed by atoms with E-state index >= 15 is 0 Å². The monoisotopic (exact) mass is 370 g/mol. The van der Waals surface area contributed by atoms with E-state index in [9.17, 15) is 4.79 Å². The summed E-state index contributed by atoms with van der Waals surface area (Å²) in [4.78, 5) is 20.8. The van der Waals surface area contributed by atoms with E-state index in [4.69, 9.17) is 0 Å². The molecule has 2 N–H and O–H groups in total. The quantitative estimate of drug-likeness (QED) is 0.614. The van der Waals surface area contributed by atoms with Crippen LogP contribution in [0, 0.1) is 5.92 Å². The van der Waals surface area contributed by atoms with Crippen LogP contribution in [-0.4, -0.2) is 32.5 Å². The third-order valence-corrected chi connectivity index (χ3v) is 4.93. The number of anilines is 1. The number of hydrogen-bond donors (Lipinski definition) is 2. The summed E-state index contributed by atoms with van der Waals surface area (Å²) in [6, 6.07) is 9.54. The number of aromatic amines is 1. The van der Waals surface area contributed by atoms with E-state index in [-0.39, 0.29) is 11.9 Å². The largest absolute Gasteiger partial charge is 0.342 e. The molecule has 0 aliphatic carbocycles. The lowest BCUT2D eigenvalue weighted by molar-refractivity contribution is -0.119. The Morgan fingerprint density at radius 1 is 1.31 bits per heavy atom. The van der Waals surface area contributed by atoms with Crippen LogP contribution in [0.25, 0.3) is 11.0 Å². The van der Waals surface area contributed by atoms with Gasteiger partial charge in [0, 0.05) is 24.5 Å². The van der Waals surface area contributed by atoms with Gasteiger partial charge >= 0.3 is 0 Å². The number of H-pyrrole nitrogens is 1. The average Bonchev–Trinajstić information content (AvgIpc) is 3.23. The number of carbonyl (C=O) groups excluding carboxylic acids is 1. The molecule has 1 amide bonds. The average molecular weight is 371 g/mol. The third kappa shape index (κ3) is 4.49. The second-order valence-electron chi connectivity index (χ2n) is 6.93. The van der Waals surface area contributed by atoms with Crippen LogP contribution in [-0.2, 0) is 11.2 Å². The van der Waals surface area contributed by atoms with Crippen molar-refractivity contribution in [1.29, 1.82) is 0 Å². The number of imidazole rings is 1. The predicted molar refractivity (Wildman–Crippen MR) is 110 cm³/mol. The van der Waals surface area contributed by atoms with E-state index in [0.717, 1.165) is 41.1 Å². The van der Waals surface area contributed by atoms with E-state index in [1.165, 1.54) is 0 Å². The maximum Gasteiger partial charge on any atom is 0.247 e. The van der Waals surface area contributed by atoms with Crippen molar-refractivity contribution in [2.24, 2.45) is 5.92 Å². The van der Waals surface area contributed by atoms with Crippen molar-refractivity contribution in [3.05, 3.63) is 48.5 Å². The first kappa shape index (κ1) is 18.6. The molecule has 0 spiro atoms. The van der Waals surface area contributed by atoms with Crippen molar-refractivity contribution >= 4 is 34.4 Å². The maximum absolute atomic E-state index is 12.8. The Kier molecular flexibility index (Phi) is 6.04. The Bertz CT molecular complexity index is 854. The molecule has 0 saturated carbocycles. The van der Waals surface area contributed by atoms with Crippen molar-refractivity contribution in [2.45, 2.75) is 32.7 Å². The summed E-state index contributed by atoms with van der Waals surface area (Å²) in [7, 11) is 0. The Hall–Kier alpha value is -2.21. The standard InChI is InChI=1S/C20H26N4OS/c1-14(2)12-19-22-16-7-6-15(13-17(16)23-19)21-20(25)18(8-11-26-3)24-9-4-5-10-24/h4-7,9-10,13-14,18H,8,11-12H2,1-3H3,(H,21,25)(H,22,23)/t18-/m0/s1. The molecule has 1 aromatic carbocycles. The molecule has 0 radical (unpaired) electrons. The zero-order valence-corrected chi connectivity index (χ0v) is 16.3. The molecule has 3 aromatic rings. The van der Waals surface area contributed by atoms with E-state index in [1.807, 2.05) is 47.3 Å². The lowest BCUT2D eigenvalue weighted by Gasteiger charge is -2.18. The van der Waals surface area contributed by atoms with Gasteiger partial charge in [0.05, 0.1) is 11.0 Å². The summed E-state index contributed by atoms with van der Waals surface area (Å²) < 4.78 is 1.97. The zero-order chi connectivity index (χ0) is 18.5. The van der Waals surface area contributed by atoms with Crippen molar-refractivity contribution < 1.29 is 4.79 Å². The van der Waals surface area contributed by atoms with Crippen LogP contribution >= 0.6 is 11.8 Å². The fourth-order valence-corrected chi connectivity index (χ4v) is 3.51. The molecule has 0 aliphatic rings. The minimum absolute atomic E-state index is 0.0107. The fourth-order valence-electron chi connectivity index (χ4n) is 3.05. The number of aromatic nitrogens is 3. The SMILES string of the molecule is CSCC[C@@H](C(=O)Nc1ccc2nc(CC(C)C)[nH]c2c1)n1cccc1. The molecule has 0 saturated heterocycles. The van der Waals surface area contributed by atoms with Gasteiger partial charge in [-0.25, -0.2) is 4.98 Å². The van der Waals surface area contributed by atoms with Gasteiger partial charge in [-0.2, -0.15) is 11.8 Å². The van der Waals surface area contributed by atoms with Crippen molar-refractivity contribution in [3.63, 3.8) is 0 Å². The van der Waals surface area contributed by atoms with Crippen molar-refractivity contribution in [3.8, 4) is 0 Å². The number of thioether (sulfide) groups is 1. The summed E-state index contributed by atoms with van der Waals surface area (Å²) in [6.07, 6.45) is 7.67. The number of nitrogens with one attached hydrogen (secondary N) is 2. The number of hydrogen-bond acceptors (Lipinski definition) is 3. The fraction of sp³-hybridized carbons (Fsp3) is 0.400. The minimum atomic E-state index is -0.202. The van der Waals surface area contributed by atoms with Gasteiger partial charge in [-0.3, -0.25) is 4.79 Å². The number of rotatable bonds is 8. The van der Waals surface area contributed by atoms with Crippen LogP contribution in [0.2, 0.25) is 0 Å². The molecule has 138 valence electrons. The molecule has 0 fully saturated rings. The van der Waals surface area contributed by atoms with Gasteiger partial charge in [0.15, 0.2) is 0 Å². The smallest absolute Gasteiger partial charge is 0.247 e. The summed E-state index contributed by atoms with van der Waals surface area (Å²) in [6.45, 7) is 4.35. The van der Waals surface area contributed by atoms with Crippen LogP contribution in [0.1, 0.15) is 32.1 Å². The first-order valence-corrected chi connectivity index (χ1v) is 10.4. The predicted octanol–water partition coefficient (Wildman–Crippen LogP) is 4.50. The molecule has 2 aromatic heterocycles. The van der Waals surface area contributed by atoms with Gasteiger partial charge in [0.1, 0.15) is 11.9 Å². The summed E-state index contributed by atoms with van der Waals surface area (Å²) in [5.41, 5.74) is 2.69. The maximum atomic E-state index is 12.8. The summed E-state index contributed by atoms with van der Waals surface area (Å²) in [5.74, 6) is 2.49. The van der Waals surface area contributed by atoms with E-state index in [0.29, 0.717) is 5.92 Å². The van der Waals surface area contributed by atoms with Crippen LogP contribution in [0.3, 0.4) is 0 Å². The molecule has 5 nitrogen and oxygen atoms in total. The molecule has 0 aliphatic heterocycles. The molecule has 1 atom stereocenters. The van der Waals surface area contributed by atoms with Crippen LogP contribution in [0.15, 0.2) is 42.7 Å². The number of carbonyl (C=O) groups is 1. The number of benzene rings is 1. The second-order valence-corrected chi connectivity index (χ2v) is 7.92. The van der Waals surface area contributed by atoms with Gasteiger partial charge in [-0.15, -0.1) is 0 Å². The molecule has 26 heavy (non-hydrogen) atoms. The molecular weight excluding hydrogens is 344 g/mol. The van der Waals surface area contributed by atoms with Crippen LogP contribution in [0.5, 0.6) is 0 Å². The number of amides is 1.